The van der Waals surface area contributed by atoms with Crippen LogP contribution < -0.4 is 0 Å². The summed E-state index contributed by atoms with van der Waals surface area (Å²) in [7, 11) is 0. The van der Waals surface area contributed by atoms with Gasteiger partial charge in [-0.05, 0) is 24.1 Å². The van der Waals surface area contributed by atoms with E-state index in [2.05, 4.69) is 24.8 Å². The van der Waals surface area contributed by atoms with Gasteiger partial charge in [0.15, 0.2) is 0 Å². The summed E-state index contributed by atoms with van der Waals surface area (Å²) in [5.74, 6) is 0.728. The number of fused-ring (bicyclic) bond motifs is 1. The van der Waals surface area contributed by atoms with Crippen molar-refractivity contribution < 1.29 is 4.39 Å². The fourth-order valence-corrected chi connectivity index (χ4v) is 3.34. The van der Waals surface area contributed by atoms with Crippen molar-refractivity contribution in [3.05, 3.63) is 71.1 Å². The van der Waals surface area contributed by atoms with E-state index in [4.69, 9.17) is 0 Å². The number of hydrogen-bond acceptors (Lipinski definition) is 3. The zero-order chi connectivity index (χ0) is 15.8. The molecule has 5 nitrogen and oxygen atoms in total. The van der Waals surface area contributed by atoms with Crippen molar-refractivity contribution in [1.82, 2.24) is 24.8 Å². The Kier molecular flexibility index (Phi) is 3.46. The lowest BCUT2D eigenvalue weighted by Crippen LogP contribution is -2.36. The maximum absolute atomic E-state index is 14.1. The molecule has 1 aliphatic rings. The van der Waals surface area contributed by atoms with E-state index in [9.17, 15) is 4.39 Å². The molecule has 4 rings (SSSR count). The molecule has 1 aliphatic heterocycles. The molecule has 0 fully saturated rings. The summed E-state index contributed by atoms with van der Waals surface area (Å²) in [5.41, 5.74) is 3.76. The highest BCUT2D eigenvalue weighted by atomic mass is 19.1. The maximum Gasteiger partial charge on any atom is 0.126 e. The number of nitrogens with zero attached hydrogens (tertiary/aromatic N) is 3. The number of halogens is 1. The van der Waals surface area contributed by atoms with E-state index in [1.807, 2.05) is 19.2 Å². The van der Waals surface area contributed by atoms with Crippen LogP contribution >= 0.6 is 0 Å². The molecule has 3 aromatic rings. The Morgan fingerprint density at radius 2 is 2.22 bits per heavy atom. The van der Waals surface area contributed by atoms with Crippen molar-refractivity contribution in [2.24, 2.45) is 0 Å². The van der Waals surface area contributed by atoms with Gasteiger partial charge in [0.1, 0.15) is 11.6 Å². The zero-order valence-corrected chi connectivity index (χ0v) is 12.9. The van der Waals surface area contributed by atoms with Crippen LogP contribution in [0.4, 0.5) is 4.39 Å². The quantitative estimate of drug-likeness (QED) is 0.782. The SMILES string of the molecule is Cc1c(F)cccc1[C@H]1c2nc[nH]c2CCN1Cc1ncc[nH]1. The van der Waals surface area contributed by atoms with Crippen LogP contribution in [0.15, 0.2) is 36.9 Å². The van der Waals surface area contributed by atoms with Gasteiger partial charge in [0.25, 0.3) is 0 Å². The molecule has 0 bridgehead atoms. The van der Waals surface area contributed by atoms with E-state index in [0.29, 0.717) is 12.1 Å². The van der Waals surface area contributed by atoms with Crippen LogP contribution in [0.5, 0.6) is 0 Å². The van der Waals surface area contributed by atoms with Crippen molar-refractivity contribution in [1.29, 1.82) is 0 Å². The van der Waals surface area contributed by atoms with E-state index >= 15 is 0 Å². The van der Waals surface area contributed by atoms with E-state index in [1.54, 1.807) is 18.6 Å². The van der Waals surface area contributed by atoms with Gasteiger partial charge in [-0.2, -0.15) is 0 Å². The average molecular weight is 311 g/mol. The first kappa shape index (κ1) is 14.1. The predicted molar refractivity (Wildman–Crippen MR) is 84.3 cm³/mol. The molecule has 0 saturated carbocycles. The predicted octanol–water partition coefficient (Wildman–Crippen LogP) is 2.73. The van der Waals surface area contributed by atoms with E-state index < -0.39 is 0 Å². The van der Waals surface area contributed by atoms with Crippen LogP contribution in [0.25, 0.3) is 0 Å². The molecule has 2 N–H and O–H groups in total. The zero-order valence-electron chi connectivity index (χ0n) is 12.9. The van der Waals surface area contributed by atoms with Crippen molar-refractivity contribution in [2.45, 2.75) is 25.9 Å². The molecule has 2 aromatic heterocycles. The summed E-state index contributed by atoms with van der Waals surface area (Å²) in [6.45, 7) is 3.38. The number of aromatic amines is 2. The Labute approximate surface area is 133 Å². The second kappa shape index (κ2) is 5.62. The molecule has 0 saturated heterocycles. The van der Waals surface area contributed by atoms with Crippen LogP contribution in [-0.4, -0.2) is 31.4 Å². The molecule has 0 amide bonds. The minimum absolute atomic E-state index is 0.0641. The first-order chi connectivity index (χ1) is 11.2. The van der Waals surface area contributed by atoms with Gasteiger partial charge >= 0.3 is 0 Å². The van der Waals surface area contributed by atoms with Crippen LogP contribution in [0.2, 0.25) is 0 Å². The maximum atomic E-state index is 14.1. The normalized spacial score (nSPS) is 18.1. The minimum Gasteiger partial charge on any atom is -0.348 e. The van der Waals surface area contributed by atoms with Crippen molar-refractivity contribution in [3.63, 3.8) is 0 Å². The molecule has 6 heteroatoms. The summed E-state index contributed by atoms with van der Waals surface area (Å²) < 4.78 is 14.1. The van der Waals surface area contributed by atoms with E-state index in [-0.39, 0.29) is 11.9 Å². The van der Waals surface area contributed by atoms with Gasteiger partial charge in [-0.3, -0.25) is 4.90 Å². The monoisotopic (exact) mass is 311 g/mol. The molecule has 23 heavy (non-hydrogen) atoms. The third kappa shape index (κ3) is 2.45. The number of benzene rings is 1. The van der Waals surface area contributed by atoms with Gasteiger partial charge in [0.2, 0.25) is 0 Å². The molecule has 0 aliphatic carbocycles. The molecule has 0 radical (unpaired) electrons. The third-order valence-corrected chi connectivity index (χ3v) is 4.54. The second-order valence-corrected chi connectivity index (χ2v) is 5.88. The molecule has 1 aromatic carbocycles. The largest absolute Gasteiger partial charge is 0.348 e. The van der Waals surface area contributed by atoms with Crippen molar-refractivity contribution >= 4 is 0 Å². The summed E-state index contributed by atoms with van der Waals surface area (Å²) in [4.78, 5) is 17.5. The van der Waals surface area contributed by atoms with Gasteiger partial charge in [-0.25, -0.2) is 14.4 Å². The van der Waals surface area contributed by atoms with Crippen LogP contribution in [0.3, 0.4) is 0 Å². The van der Waals surface area contributed by atoms with Crippen molar-refractivity contribution in [2.75, 3.05) is 6.54 Å². The molecule has 3 heterocycles. The Hall–Kier alpha value is -2.47. The van der Waals surface area contributed by atoms with Gasteiger partial charge in [-0.15, -0.1) is 0 Å². The Morgan fingerprint density at radius 1 is 1.30 bits per heavy atom. The lowest BCUT2D eigenvalue weighted by molar-refractivity contribution is 0.195. The standard InChI is InChI=1S/C17H18FN5/c1-11-12(3-2-4-13(11)18)17-16-14(21-10-22-16)5-8-23(17)9-15-19-6-7-20-15/h2-4,6-7,10,17H,5,8-9H2,1H3,(H,19,20)(H,21,22)/t17-/m0/s1. The van der Waals surface area contributed by atoms with E-state index in [0.717, 1.165) is 35.7 Å². The average Bonchev–Trinajstić information content (AvgIpc) is 3.21. The topological polar surface area (TPSA) is 60.6 Å². The summed E-state index contributed by atoms with van der Waals surface area (Å²) in [5, 5.41) is 0. The Bertz CT molecular complexity index is 808. The summed E-state index contributed by atoms with van der Waals surface area (Å²) in [6.07, 6.45) is 6.20. The van der Waals surface area contributed by atoms with Crippen LogP contribution in [0.1, 0.15) is 34.4 Å². The lowest BCUT2D eigenvalue weighted by atomic mass is 9.92. The van der Waals surface area contributed by atoms with Crippen LogP contribution in [-0.2, 0) is 13.0 Å². The number of hydrogen-bond donors (Lipinski definition) is 2. The molecule has 1 atom stereocenters. The molecular weight excluding hydrogens is 293 g/mol. The second-order valence-electron chi connectivity index (χ2n) is 5.88. The summed E-state index contributed by atoms with van der Waals surface area (Å²) >= 11 is 0. The molecule has 0 spiro atoms. The Morgan fingerprint density at radius 3 is 3.04 bits per heavy atom. The first-order valence-electron chi connectivity index (χ1n) is 7.73. The highest BCUT2D eigenvalue weighted by Crippen LogP contribution is 2.36. The first-order valence-corrected chi connectivity index (χ1v) is 7.73. The van der Waals surface area contributed by atoms with Gasteiger partial charge in [-0.1, -0.05) is 12.1 Å². The molecule has 0 unspecified atom stereocenters. The number of aromatic nitrogens is 4. The number of nitrogens with one attached hydrogen (secondary N) is 2. The lowest BCUT2D eigenvalue weighted by Gasteiger charge is -2.35. The smallest absolute Gasteiger partial charge is 0.126 e. The number of rotatable bonds is 3. The number of imidazole rings is 2. The minimum atomic E-state index is -0.178. The van der Waals surface area contributed by atoms with Crippen molar-refractivity contribution in [3.8, 4) is 0 Å². The van der Waals surface area contributed by atoms with Gasteiger partial charge in [0, 0.05) is 31.1 Å². The van der Waals surface area contributed by atoms with Gasteiger partial charge in [0.05, 0.1) is 24.6 Å². The molecular formula is C17H18FN5. The van der Waals surface area contributed by atoms with E-state index in [1.165, 1.54) is 6.07 Å². The molecule has 118 valence electrons. The Balaban J connectivity index is 1.79. The fourth-order valence-electron chi connectivity index (χ4n) is 3.34. The number of H-pyrrole nitrogens is 2. The fraction of sp³-hybridized carbons (Fsp3) is 0.294. The highest BCUT2D eigenvalue weighted by molar-refractivity contribution is 5.38. The van der Waals surface area contributed by atoms with Crippen LogP contribution in [0, 0.1) is 12.7 Å². The highest BCUT2D eigenvalue weighted by Gasteiger charge is 2.32. The third-order valence-electron chi connectivity index (χ3n) is 4.54. The summed E-state index contributed by atoms with van der Waals surface area (Å²) in [6, 6.07) is 5.20. The van der Waals surface area contributed by atoms with Gasteiger partial charge < -0.3 is 9.97 Å².